The maximum absolute atomic E-state index is 12.5. The van der Waals surface area contributed by atoms with Gasteiger partial charge in [0.15, 0.2) is 0 Å². The zero-order valence-corrected chi connectivity index (χ0v) is 23.2. The summed E-state index contributed by atoms with van der Waals surface area (Å²) in [5.41, 5.74) is 4.61. The van der Waals surface area contributed by atoms with E-state index in [1.165, 1.54) is 0 Å². The molecular formula is C26H41IN2O6. The van der Waals surface area contributed by atoms with E-state index < -0.39 is 23.8 Å². The maximum Gasteiger partial charge on any atom is 0.516 e. The summed E-state index contributed by atoms with van der Waals surface area (Å²) in [6, 6.07) is 0. The largest absolute Gasteiger partial charge is 0.516 e. The number of rotatable bonds is 9. The number of hydrogen-bond donors (Lipinski definition) is 2. The van der Waals surface area contributed by atoms with Crippen LogP contribution in [0.25, 0.3) is 0 Å². The van der Waals surface area contributed by atoms with Crippen LogP contribution in [0.15, 0.2) is 24.0 Å². The first-order valence-electron chi connectivity index (χ1n) is 12.7. The van der Waals surface area contributed by atoms with Crippen molar-refractivity contribution < 1.29 is 28.9 Å². The number of alkyl halides is 1. The molecule has 3 rings (SSSR count). The number of carbonyl (C=O) groups is 2. The molecule has 9 heteroatoms. The lowest BCUT2D eigenvalue weighted by Crippen LogP contribution is -2.54. The van der Waals surface area contributed by atoms with Crippen molar-refractivity contribution in [2.24, 2.45) is 23.0 Å². The van der Waals surface area contributed by atoms with Crippen LogP contribution in [0.3, 0.4) is 0 Å². The van der Waals surface area contributed by atoms with E-state index in [4.69, 9.17) is 19.9 Å². The van der Waals surface area contributed by atoms with Gasteiger partial charge in [-0.2, -0.15) is 0 Å². The van der Waals surface area contributed by atoms with Crippen molar-refractivity contribution in [3.8, 4) is 0 Å². The zero-order chi connectivity index (χ0) is 25.5. The number of ether oxygens (including phenoxy) is 3. The predicted molar refractivity (Wildman–Crippen MR) is 142 cm³/mol. The molecule has 4 unspecified atom stereocenters. The Morgan fingerprint density at radius 3 is 2.63 bits per heavy atom. The summed E-state index contributed by atoms with van der Waals surface area (Å²) in [6.07, 6.45) is 11.7. The first kappa shape index (κ1) is 28.4. The van der Waals surface area contributed by atoms with Gasteiger partial charge in [0.1, 0.15) is 10.7 Å². The zero-order valence-electron chi connectivity index (χ0n) is 21.0. The van der Waals surface area contributed by atoms with Crippen LogP contribution < -0.4 is 5.73 Å². The van der Waals surface area contributed by atoms with Gasteiger partial charge in [-0.1, -0.05) is 31.4 Å². The molecule has 3 aliphatic rings. The van der Waals surface area contributed by atoms with Crippen molar-refractivity contribution in [2.75, 3.05) is 31.8 Å². The molecule has 0 amide bonds. The average molecular weight is 605 g/mol. The third kappa shape index (κ3) is 7.66. The van der Waals surface area contributed by atoms with Gasteiger partial charge in [0.25, 0.3) is 0 Å². The number of nitrogens with zero attached hydrogens (tertiary/aromatic N) is 1. The molecule has 4 atom stereocenters. The molecule has 0 aliphatic heterocycles. The standard InChI is InChI=1S/C26H41IN2O6/c1-29(2)16-20-9-10-22(14-26(20,32)19-7-6-8-21(13-19)33-18-27)34-24(31)35-23(30)15-25(17-28)11-4-3-5-12-25/h6-8,19-20,22,32H,3-5,9-18,28H2,1-2H3. The van der Waals surface area contributed by atoms with Gasteiger partial charge in [0, 0.05) is 31.2 Å². The van der Waals surface area contributed by atoms with E-state index in [2.05, 4.69) is 27.5 Å². The number of esters is 1. The fraction of sp³-hybridized carbons (Fsp3) is 0.769. The van der Waals surface area contributed by atoms with E-state index in [0.717, 1.165) is 44.4 Å². The summed E-state index contributed by atoms with van der Waals surface area (Å²) in [6.45, 7) is 1.14. The first-order chi connectivity index (χ1) is 16.7. The lowest BCUT2D eigenvalue weighted by Gasteiger charge is -2.48. The molecule has 198 valence electrons. The van der Waals surface area contributed by atoms with E-state index >= 15 is 0 Å². The van der Waals surface area contributed by atoms with Gasteiger partial charge in [-0.3, -0.25) is 4.79 Å². The molecule has 0 spiro atoms. The van der Waals surface area contributed by atoms with E-state index in [0.29, 0.717) is 30.4 Å². The monoisotopic (exact) mass is 604 g/mol. The van der Waals surface area contributed by atoms with Gasteiger partial charge in [-0.05, 0) is 80.4 Å². The SMILES string of the molecule is CN(C)CC1CCC(OC(=O)OC(=O)CC2(CN)CCCCC2)CC1(O)C1C=CC=C(OCI)C1. The summed E-state index contributed by atoms with van der Waals surface area (Å²) in [4.78, 5) is 27.1. The second kappa shape index (κ2) is 12.9. The normalized spacial score (nSPS) is 30.5. The molecule has 0 radical (unpaired) electrons. The summed E-state index contributed by atoms with van der Waals surface area (Å²) in [7, 11) is 3.99. The summed E-state index contributed by atoms with van der Waals surface area (Å²) in [5.74, 6) is 0.114. The van der Waals surface area contributed by atoms with Crippen LogP contribution in [0.5, 0.6) is 0 Å². The molecule has 0 aromatic carbocycles. The predicted octanol–water partition coefficient (Wildman–Crippen LogP) is 4.30. The van der Waals surface area contributed by atoms with Crippen molar-refractivity contribution in [1.29, 1.82) is 0 Å². The number of allylic oxidation sites excluding steroid dienone is 3. The van der Waals surface area contributed by atoms with E-state index in [1.54, 1.807) is 0 Å². The summed E-state index contributed by atoms with van der Waals surface area (Å²) >= 11 is 2.16. The number of halogens is 1. The lowest BCUT2D eigenvalue weighted by molar-refractivity contribution is -0.148. The third-order valence-corrected chi connectivity index (χ3v) is 8.25. The van der Waals surface area contributed by atoms with Crippen LogP contribution in [0.1, 0.15) is 64.2 Å². The number of aliphatic hydroxyl groups is 1. The third-order valence-electron chi connectivity index (χ3n) is 7.94. The fourth-order valence-electron chi connectivity index (χ4n) is 6.04. The van der Waals surface area contributed by atoms with Crippen molar-refractivity contribution in [3.05, 3.63) is 24.0 Å². The maximum atomic E-state index is 12.5. The Bertz CT molecular complexity index is 795. The van der Waals surface area contributed by atoms with Crippen molar-refractivity contribution in [2.45, 2.75) is 75.9 Å². The number of nitrogens with two attached hydrogens (primary N) is 1. The van der Waals surface area contributed by atoms with E-state index in [9.17, 15) is 14.7 Å². The summed E-state index contributed by atoms with van der Waals surface area (Å²) < 4.78 is 16.9. The highest BCUT2D eigenvalue weighted by Crippen LogP contribution is 2.45. The second-order valence-corrected chi connectivity index (χ2v) is 11.3. The molecule has 0 aromatic rings. The highest BCUT2D eigenvalue weighted by atomic mass is 127. The van der Waals surface area contributed by atoms with Gasteiger partial charge in [-0.15, -0.1) is 0 Å². The van der Waals surface area contributed by atoms with Crippen molar-refractivity contribution in [3.63, 3.8) is 0 Å². The summed E-state index contributed by atoms with van der Waals surface area (Å²) in [5, 5.41) is 12.0. The van der Waals surface area contributed by atoms with Crippen LogP contribution in [-0.2, 0) is 19.0 Å². The van der Waals surface area contributed by atoms with Crippen LogP contribution in [-0.4, -0.2) is 65.6 Å². The topological polar surface area (TPSA) is 111 Å². The molecule has 0 bridgehead atoms. The quantitative estimate of drug-likeness (QED) is 0.174. The fourth-order valence-corrected chi connectivity index (χ4v) is 6.44. The van der Waals surface area contributed by atoms with Crippen LogP contribution >= 0.6 is 22.6 Å². The van der Waals surface area contributed by atoms with Gasteiger partial charge in [0.05, 0.1) is 17.8 Å². The number of hydrogen-bond acceptors (Lipinski definition) is 8. The Balaban J connectivity index is 1.62. The lowest BCUT2D eigenvalue weighted by atomic mass is 9.65. The van der Waals surface area contributed by atoms with Crippen molar-refractivity contribution >= 4 is 34.7 Å². The van der Waals surface area contributed by atoms with Gasteiger partial charge >= 0.3 is 12.1 Å². The Morgan fingerprint density at radius 1 is 1.23 bits per heavy atom. The molecule has 0 heterocycles. The number of carbonyl (C=O) groups excluding carboxylic acids is 2. The Morgan fingerprint density at radius 2 is 1.97 bits per heavy atom. The minimum absolute atomic E-state index is 0.0133. The average Bonchev–Trinajstić information content (AvgIpc) is 2.81. The minimum Gasteiger partial charge on any atom is -0.488 e. The van der Waals surface area contributed by atoms with Gasteiger partial charge in [-0.25, -0.2) is 4.79 Å². The van der Waals surface area contributed by atoms with Crippen molar-refractivity contribution in [1.82, 2.24) is 4.90 Å². The molecule has 8 nitrogen and oxygen atoms in total. The molecule has 2 fully saturated rings. The minimum atomic E-state index is -1.08. The molecule has 0 aromatic heterocycles. The van der Waals surface area contributed by atoms with Crippen LogP contribution in [0.4, 0.5) is 4.79 Å². The molecule has 0 saturated heterocycles. The molecule has 3 aliphatic carbocycles. The highest BCUT2D eigenvalue weighted by molar-refractivity contribution is 14.1. The van der Waals surface area contributed by atoms with E-state index in [-0.39, 0.29) is 30.1 Å². The smallest absolute Gasteiger partial charge is 0.488 e. The molecule has 35 heavy (non-hydrogen) atoms. The Kier molecular flexibility index (Phi) is 10.4. The van der Waals surface area contributed by atoms with E-state index in [1.807, 2.05) is 32.3 Å². The van der Waals surface area contributed by atoms with Crippen LogP contribution in [0.2, 0.25) is 0 Å². The van der Waals surface area contributed by atoms with Crippen LogP contribution in [0, 0.1) is 17.3 Å². The van der Waals surface area contributed by atoms with Gasteiger partial charge in [0.2, 0.25) is 0 Å². The molecule has 3 N–H and O–H groups in total. The Labute approximate surface area is 222 Å². The molecule has 2 saturated carbocycles. The van der Waals surface area contributed by atoms with Gasteiger partial charge < -0.3 is 30.0 Å². The second-order valence-electron chi connectivity index (χ2n) is 10.7. The molecular weight excluding hydrogens is 563 g/mol. The highest BCUT2D eigenvalue weighted by Gasteiger charge is 2.49. The Hall–Kier alpha value is -1.17. The first-order valence-corrected chi connectivity index (χ1v) is 14.3.